The van der Waals surface area contributed by atoms with E-state index >= 15 is 0 Å². The molecule has 1 aromatic heterocycles. The van der Waals surface area contributed by atoms with Crippen molar-refractivity contribution in [3.05, 3.63) is 41.5 Å². The van der Waals surface area contributed by atoms with Crippen molar-refractivity contribution < 1.29 is 8.42 Å². The van der Waals surface area contributed by atoms with Crippen LogP contribution in [0.25, 0.3) is 0 Å². The third kappa shape index (κ3) is 3.21. The average molecular weight is 295 g/mol. The third-order valence-corrected chi connectivity index (χ3v) is 4.38. The molecular formula is C12H17N5O2S. The first kappa shape index (κ1) is 14.6. The SMILES string of the molecule is CCc1ccc(S(=O)(=O)NCc2ncn[nH]2)cc1CN. The Hall–Kier alpha value is -1.77. The molecule has 108 valence electrons. The van der Waals surface area contributed by atoms with Gasteiger partial charge in [-0.2, -0.15) is 5.10 Å². The molecule has 4 N–H and O–H groups in total. The highest BCUT2D eigenvalue weighted by Gasteiger charge is 2.15. The molecule has 0 saturated carbocycles. The number of nitrogens with one attached hydrogen (secondary N) is 2. The highest BCUT2D eigenvalue weighted by Crippen LogP contribution is 2.16. The molecule has 0 aliphatic rings. The van der Waals surface area contributed by atoms with E-state index in [0.717, 1.165) is 17.5 Å². The Labute approximate surface area is 117 Å². The van der Waals surface area contributed by atoms with Crippen LogP contribution in [-0.4, -0.2) is 23.6 Å². The predicted octanol–water partition coefficient (Wildman–Crippen LogP) is 0.304. The van der Waals surface area contributed by atoms with Gasteiger partial charge in [0, 0.05) is 6.54 Å². The monoisotopic (exact) mass is 295 g/mol. The van der Waals surface area contributed by atoms with Gasteiger partial charge in [0.05, 0.1) is 11.4 Å². The van der Waals surface area contributed by atoms with E-state index in [1.165, 1.54) is 6.33 Å². The Morgan fingerprint density at radius 3 is 2.75 bits per heavy atom. The Bertz CT molecular complexity index is 667. The van der Waals surface area contributed by atoms with Gasteiger partial charge in [-0.1, -0.05) is 13.0 Å². The van der Waals surface area contributed by atoms with E-state index in [-0.39, 0.29) is 11.4 Å². The normalized spacial score (nSPS) is 11.7. The van der Waals surface area contributed by atoms with E-state index < -0.39 is 10.0 Å². The van der Waals surface area contributed by atoms with Crippen molar-refractivity contribution in [3.63, 3.8) is 0 Å². The molecule has 0 unspecified atom stereocenters. The van der Waals surface area contributed by atoms with Crippen molar-refractivity contribution in [2.75, 3.05) is 0 Å². The third-order valence-electron chi connectivity index (χ3n) is 2.98. The molecule has 8 heteroatoms. The molecule has 0 radical (unpaired) electrons. The highest BCUT2D eigenvalue weighted by molar-refractivity contribution is 7.89. The lowest BCUT2D eigenvalue weighted by atomic mass is 10.1. The summed E-state index contributed by atoms with van der Waals surface area (Å²) >= 11 is 0. The second-order valence-electron chi connectivity index (χ2n) is 4.24. The summed E-state index contributed by atoms with van der Waals surface area (Å²) < 4.78 is 26.8. The lowest BCUT2D eigenvalue weighted by Gasteiger charge is -2.10. The Morgan fingerprint density at radius 1 is 1.35 bits per heavy atom. The number of nitrogens with two attached hydrogens (primary N) is 1. The van der Waals surface area contributed by atoms with Crippen LogP contribution in [-0.2, 0) is 29.5 Å². The molecule has 0 saturated heterocycles. The fourth-order valence-corrected chi connectivity index (χ4v) is 2.91. The molecule has 0 spiro atoms. The first-order chi connectivity index (χ1) is 9.56. The molecule has 20 heavy (non-hydrogen) atoms. The lowest BCUT2D eigenvalue weighted by molar-refractivity contribution is 0.579. The summed E-state index contributed by atoms with van der Waals surface area (Å²) in [6.45, 7) is 2.38. The minimum Gasteiger partial charge on any atom is -0.326 e. The van der Waals surface area contributed by atoms with Crippen LogP contribution in [0.3, 0.4) is 0 Å². The zero-order chi connectivity index (χ0) is 14.6. The molecule has 1 aromatic carbocycles. The number of nitrogens with zero attached hydrogens (tertiary/aromatic N) is 2. The van der Waals surface area contributed by atoms with Crippen LogP contribution in [0.15, 0.2) is 29.4 Å². The maximum absolute atomic E-state index is 12.2. The molecular weight excluding hydrogens is 278 g/mol. The zero-order valence-electron chi connectivity index (χ0n) is 11.1. The standard InChI is InChI=1S/C12H17N5O2S/c1-2-9-3-4-11(5-10(9)6-13)20(18,19)16-7-12-14-8-15-17-12/h3-5,8,16H,2,6-7,13H2,1H3,(H,14,15,17). The number of hydrogen-bond donors (Lipinski definition) is 3. The topological polar surface area (TPSA) is 114 Å². The number of aromatic amines is 1. The number of hydrogen-bond acceptors (Lipinski definition) is 5. The summed E-state index contributed by atoms with van der Waals surface area (Å²) in [5.41, 5.74) is 7.55. The Balaban J connectivity index is 2.20. The minimum absolute atomic E-state index is 0.0653. The van der Waals surface area contributed by atoms with Crippen molar-refractivity contribution in [3.8, 4) is 0 Å². The van der Waals surface area contributed by atoms with Gasteiger partial charge in [-0.15, -0.1) is 0 Å². The molecule has 0 bridgehead atoms. The first-order valence-corrected chi connectivity index (χ1v) is 7.71. The van der Waals surface area contributed by atoms with Crippen LogP contribution in [0.4, 0.5) is 0 Å². The summed E-state index contributed by atoms with van der Waals surface area (Å²) in [6.07, 6.45) is 2.14. The van der Waals surface area contributed by atoms with Gasteiger partial charge in [-0.05, 0) is 29.7 Å². The molecule has 0 amide bonds. The van der Waals surface area contributed by atoms with Gasteiger partial charge in [0.1, 0.15) is 12.2 Å². The minimum atomic E-state index is -3.59. The summed E-state index contributed by atoms with van der Waals surface area (Å²) in [4.78, 5) is 4.06. The largest absolute Gasteiger partial charge is 0.326 e. The fourth-order valence-electron chi connectivity index (χ4n) is 1.87. The van der Waals surface area contributed by atoms with E-state index in [9.17, 15) is 8.42 Å². The van der Waals surface area contributed by atoms with Gasteiger partial charge in [0.15, 0.2) is 0 Å². The summed E-state index contributed by atoms with van der Waals surface area (Å²) in [5, 5.41) is 6.25. The molecule has 1 heterocycles. The number of rotatable bonds is 6. The zero-order valence-corrected chi connectivity index (χ0v) is 11.9. The number of H-pyrrole nitrogens is 1. The van der Waals surface area contributed by atoms with Crippen LogP contribution in [0.1, 0.15) is 23.9 Å². The molecule has 2 aromatic rings. The van der Waals surface area contributed by atoms with Gasteiger partial charge in [-0.25, -0.2) is 18.1 Å². The second-order valence-corrected chi connectivity index (χ2v) is 6.01. The maximum Gasteiger partial charge on any atom is 0.240 e. The van der Waals surface area contributed by atoms with E-state index in [4.69, 9.17) is 5.73 Å². The average Bonchev–Trinajstić information content (AvgIpc) is 2.97. The van der Waals surface area contributed by atoms with Crippen molar-refractivity contribution >= 4 is 10.0 Å². The maximum atomic E-state index is 12.2. The van der Waals surface area contributed by atoms with Crippen LogP contribution >= 0.6 is 0 Å². The van der Waals surface area contributed by atoms with Crippen molar-refractivity contribution in [1.82, 2.24) is 19.9 Å². The molecule has 0 aliphatic carbocycles. The van der Waals surface area contributed by atoms with E-state index in [1.807, 2.05) is 6.92 Å². The van der Waals surface area contributed by atoms with Gasteiger partial charge < -0.3 is 5.73 Å². The molecule has 0 aliphatic heterocycles. The number of benzene rings is 1. The molecule has 7 nitrogen and oxygen atoms in total. The molecule has 0 fully saturated rings. The van der Waals surface area contributed by atoms with Crippen LogP contribution < -0.4 is 10.5 Å². The van der Waals surface area contributed by atoms with Crippen molar-refractivity contribution in [2.45, 2.75) is 31.3 Å². The van der Waals surface area contributed by atoms with Crippen LogP contribution in [0, 0.1) is 0 Å². The molecule has 2 rings (SSSR count). The van der Waals surface area contributed by atoms with Crippen molar-refractivity contribution in [2.24, 2.45) is 5.73 Å². The van der Waals surface area contributed by atoms with Gasteiger partial charge in [0.2, 0.25) is 10.0 Å². The first-order valence-electron chi connectivity index (χ1n) is 6.22. The summed E-state index contributed by atoms with van der Waals surface area (Å²) in [6, 6.07) is 4.99. The Morgan fingerprint density at radius 2 is 2.15 bits per heavy atom. The van der Waals surface area contributed by atoms with Crippen LogP contribution in [0.2, 0.25) is 0 Å². The van der Waals surface area contributed by atoms with Gasteiger partial charge in [0.25, 0.3) is 0 Å². The van der Waals surface area contributed by atoms with Crippen LogP contribution in [0.5, 0.6) is 0 Å². The highest BCUT2D eigenvalue weighted by atomic mass is 32.2. The van der Waals surface area contributed by atoms with Crippen molar-refractivity contribution in [1.29, 1.82) is 0 Å². The smallest absolute Gasteiger partial charge is 0.240 e. The second kappa shape index (κ2) is 6.12. The number of aromatic nitrogens is 3. The van der Waals surface area contributed by atoms with Gasteiger partial charge >= 0.3 is 0 Å². The van der Waals surface area contributed by atoms with E-state index in [0.29, 0.717) is 12.4 Å². The van der Waals surface area contributed by atoms with E-state index in [2.05, 4.69) is 19.9 Å². The van der Waals surface area contributed by atoms with Gasteiger partial charge in [-0.3, -0.25) is 5.10 Å². The number of aryl methyl sites for hydroxylation is 1. The predicted molar refractivity (Wildman–Crippen MR) is 74.1 cm³/mol. The van der Waals surface area contributed by atoms with E-state index in [1.54, 1.807) is 18.2 Å². The Kier molecular flexibility index (Phi) is 4.48. The number of sulfonamides is 1. The summed E-state index contributed by atoms with van der Waals surface area (Å²) in [7, 11) is -3.59. The fraction of sp³-hybridized carbons (Fsp3) is 0.333. The summed E-state index contributed by atoms with van der Waals surface area (Å²) in [5.74, 6) is 0.456. The quantitative estimate of drug-likeness (QED) is 0.709. The lowest BCUT2D eigenvalue weighted by Crippen LogP contribution is -2.24. The molecule has 0 atom stereocenters.